The van der Waals surface area contributed by atoms with Crippen LogP contribution in [0, 0.1) is 0 Å². The number of nitrogens with one attached hydrogen (secondary N) is 1. The molecule has 1 heterocycles. The fourth-order valence-electron chi connectivity index (χ4n) is 2.41. The zero-order chi connectivity index (χ0) is 20.1. The fraction of sp³-hybridized carbons (Fsp3) is 0.150. The standard InChI is InChI=1S/C20H16Cl2N2O4/c1-12(20(26)24-19-17(22)9-15(21)10-23-19)28-18(25)11-27-16-7-6-13-4-2-3-5-14(13)8-16/h2-10,12H,11H2,1H3,(H,23,24,26)/t12-/m1/s1. The molecule has 0 bridgehead atoms. The number of hydrogen-bond donors (Lipinski definition) is 1. The fourth-order valence-corrected chi connectivity index (χ4v) is 2.84. The molecule has 0 spiro atoms. The van der Waals surface area contributed by atoms with Gasteiger partial charge in [-0.15, -0.1) is 0 Å². The Morgan fingerprint density at radius 1 is 1.11 bits per heavy atom. The number of halogens is 2. The maximum Gasteiger partial charge on any atom is 0.344 e. The quantitative estimate of drug-likeness (QED) is 0.596. The summed E-state index contributed by atoms with van der Waals surface area (Å²) >= 11 is 11.7. The van der Waals surface area contributed by atoms with E-state index in [1.165, 1.54) is 19.2 Å². The van der Waals surface area contributed by atoms with E-state index in [4.69, 9.17) is 32.7 Å². The summed E-state index contributed by atoms with van der Waals surface area (Å²) in [6.07, 6.45) is 0.290. The number of anilines is 1. The van der Waals surface area contributed by atoms with Gasteiger partial charge in [-0.2, -0.15) is 0 Å². The van der Waals surface area contributed by atoms with Crippen molar-refractivity contribution in [3.05, 3.63) is 64.8 Å². The Morgan fingerprint density at radius 3 is 2.61 bits per heavy atom. The second-order valence-corrected chi connectivity index (χ2v) is 6.75. The van der Waals surface area contributed by atoms with Crippen molar-refractivity contribution >= 4 is 51.7 Å². The first-order valence-electron chi connectivity index (χ1n) is 8.35. The molecule has 0 aliphatic carbocycles. The third kappa shape index (κ3) is 5.12. The molecule has 3 rings (SSSR count). The van der Waals surface area contributed by atoms with Crippen LogP contribution >= 0.6 is 23.2 Å². The van der Waals surface area contributed by atoms with Crippen LogP contribution in [0.15, 0.2) is 54.7 Å². The van der Waals surface area contributed by atoms with Gasteiger partial charge in [-0.3, -0.25) is 4.79 Å². The summed E-state index contributed by atoms with van der Waals surface area (Å²) in [4.78, 5) is 28.0. The Labute approximate surface area is 171 Å². The monoisotopic (exact) mass is 418 g/mol. The lowest BCUT2D eigenvalue weighted by atomic mass is 10.1. The summed E-state index contributed by atoms with van der Waals surface area (Å²) in [5.74, 6) is -0.585. The number of hydrogen-bond acceptors (Lipinski definition) is 5. The van der Waals surface area contributed by atoms with Crippen molar-refractivity contribution in [3.8, 4) is 5.75 Å². The molecule has 144 valence electrons. The molecule has 1 aromatic heterocycles. The summed E-state index contributed by atoms with van der Waals surface area (Å²) in [6, 6.07) is 14.7. The van der Waals surface area contributed by atoms with Crippen LogP contribution < -0.4 is 10.1 Å². The second-order valence-electron chi connectivity index (χ2n) is 5.90. The number of nitrogens with zero attached hydrogens (tertiary/aromatic N) is 1. The number of benzene rings is 2. The zero-order valence-electron chi connectivity index (χ0n) is 14.8. The summed E-state index contributed by atoms with van der Waals surface area (Å²) in [7, 11) is 0. The van der Waals surface area contributed by atoms with Gasteiger partial charge in [-0.25, -0.2) is 9.78 Å². The SMILES string of the molecule is C[C@@H](OC(=O)COc1ccc2ccccc2c1)C(=O)Nc1ncc(Cl)cc1Cl. The molecule has 1 N–H and O–H groups in total. The molecule has 0 saturated carbocycles. The largest absolute Gasteiger partial charge is 0.482 e. The topological polar surface area (TPSA) is 77.5 Å². The van der Waals surface area contributed by atoms with Crippen molar-refractivity contribution in [2.24, 2.45) is 0 Å². The van der Waals surface area contributed by atoms with Crippen molar-refractivity contribution < 1.29 is 19.1 Å². The number of ether oxygens (including phenoxy) is 2. The summed E-state index contributed by atoms with van der Waals surface area (Å²) in [5, 5.41) is 5.06. The van der Waals surface area contributed by atoms with Gasteiger partial charge in [0.15, 0.2) is 18.5 Å². The normalized spacial score (nSPS) is 11.7. The van der Waals surface area contributed by atoms with E-state index < -0.39 is 18.0 Å². The van der Waals surface area contributed by atoms with Gasteiger partial charge in [0.1, 0.15) is 5.75 Å². The Bertz CT molecular complexity index is 1030. The molecule has 28 heavy (non-hydrogen) atoms. The Hall–Kier alpha value is -2.83. The summed E-state index contributed by atoms with van der Waals surface area (Å²) in [6.45, 7) is 1.11. The van der Waals surface area contributed by atoms with Gasteiger partial charge in [0, 0.05) is 6.20 Å². The van der Waals surface area contributed by atoms with Gasteiger partial charge in [-0.05, 0) is 35.9 Å². The van der Waals surface area contributed by atoms with Gasteiger partial charge in [0.25, 0.3) is 5.91 Å². The number of esters is 1. The highest BCUT2D eigenvalue weighted by molar-refractivity contribution is 6.36. The second kappa shape index (κ2) is 8.91. The van der Waals surface area contributed by atoms with Gasteiger partial charge < -0.3 is 14.8 Å². The highest BCUT2D eigenvalue weighted by Crippen LogP contribution is 2.23. The molecule has 1 atom stereocenters. The third-order valence-corrected chi connectivity index (χ3v) is 4.30. The van der Waals surface area contributed by atoms with Crippen LogP contribution in [0.5, 0.6) is 5.75 Å². The van der Waals surface area contributed by atoms with Crippen molar-refractivity contribution in [3.63, 3.8) is 0 Å². The number of amides is 1. The van der Waals surface area contributed by atoms with Crippen LogP contribution in [0.3, 0.4) is 0 Å². The lowest BCUT2D eigenvalue weighted by molar-refractivity contribution is -0.155. The van der Waals surface area contributed by atoms with Crippen LogP contribution in [-0.2, 0) is 14.3 Å². The average molecular weight is 419 g/mol. The third-order valence-electron chi connectivity index (χ3n) is 3.80. The Balaban J connectivity index is 1.52. The maximum absolute atomic E-state index is 12.1. The number of aromatic nitrogens is 1. The molecule has 6 nitrogen and oxygen atoms in total. The van der Waals surface area contributed by atoms with E-state index in [1.54, 1.807) is 6.07 Å². The maximum atomic E-state index is 12.1. The van der Waals surface area contributed by atoms with E-state index in [1.807, 2.05) is 36.4 Å². The molecule has 0 fully saturated rings. The average Bonchev–Trinajstić information content (AvgIpc) is 2.68. The molecule has 0 saturated heterocycles. The number of carbonyl (C=O) groups excluding carboxylic acids is 2. The molecular formula is C20H16Cl2N2O4. The predicted octanol–water partition coefficient (Wildman–Crippen LogP) is 4.49. The van der Waals surface area contributed by atoms with E-state index in [9.17, 15) is 9.59 Å². The molecule has 1 amide bonds. The minimum Gasteiger partial charge on any atom is -0.482 e. The lowest BCUT2D eigenvalue weighted by Crippen LogP contribution is -2.32. The minimum absolute atomic E-state index is 0.131. The molecule has 3 aromatic rings. The predicted molar refractivity (Wildman–Crippen MR) is 108 cm³/mol. The molecule has 8 heteroatoms. The van der Waals surface area contributed by atoms with Gasteiger partial charge in [0.05, 0.1) is 10.0 Å². The molecule has 0 unspecified atom stereocenters. The first kappa shape index (κ1) is 19.9. The summed E-state index contributed by atoms with van der Waals surface area (Å²) < 4.78 is 10.5. The van der Waals surface area contributed by atoms with Gasteiger partial charge >= 0.3 is 5.97 Å². The van der Waals surface area contributed by atoms with E-state index in [0.717, 1.165) is 10.8 Å². The number of rotatable bonds is 6. The first-order valence-corrected chi connectivity index (χ1v) is 9.11. The van der Waals surface area contributed by atoms with Crippen molar-refractivity contribution in [1.29, 1.82) is 0 Å². The molecule has 0 aliphatic rings. The molecular weight excluding hydrogens is 403 g/mol. The van der Waals surface area contributed by atoms with E-state index >= 15 is 0 Å². The highest BCUT2D eigenvalue weighted by Gasteiger charge is 2.19. The van der Waals surface area contributed by atoms with Crippen molar-refractivity contribution in [2.75, 3.05) is 11.9 Å². The zero-order valence-corrected chi connectivity index (χ0v) is 16.3. The molecule has 0 aliphatic heterocycles. The lowest BCUT2D eigenvalue weighted by Gasteiger charge is -2.14. The Kier molecular flexibility index (Phi) is 6.34. The minimum atomic E-state index is -1.05. The van der Waals surface area contributed by atoms with E-state index in [0.29, 0.717) is 10.8 Å². The molecule has 0 radical (unpaired) electrons. The van der Waals surface area contributed by atoms with E-state index in [2.05, 4.69) is 10.3 Å². The van der Waals surface area contributed by atoms with Crippen LogP contribution in [-0.4, -0.2) is 29.6 Å². The van der Waals surface area contributed by atoms with E-state index in [-0.39, 0.29) is 17.4 Å². The van der Waals surface area contributed by atoms with Crippen LogP contribution in [0.1, 0.15) is 6.92 Å². The summed E-state index contributed by atoms with van der Waals surface area (Å²) in [5.41, 5.74) is 0. The van der Waals surface area contributed by atoms with Crippen molar-refractivity contribution in [1.82, 2.24) is 4.98 Å². The van der Waals surface area contributed by atoms with Gasteiger partial charge in [0.2, 0.25) is 0 Å². The highest BCUT2D eigenvalue weighted by atomic mass is 35.5. The molecule has 2 aromatic carbocycles. The Morgan fingerprint density at radius 2 is 1.86 bits per heavy atom. The van der Waals surface area contributed by atoms with Crippen molar-refractivity contribution in [2.45, 2.75) is 13.0 Å². The smallest absolute Gasteiger partial charge is 0.344 e. The number of fused-ring (bicyclic) bond motifs is 1. The number of carbonyl (C=O) groups is 2. The van der Waals surface area contributed by atoms with Gasteiger partial charge in [-0.1, -0.05) is 53.5 Å². The van der Waals surface area contributed by atoms with Crippen LogP contribution in [0.4, 0.5) is 5.82 Å². The van der Waals surface area contributed by atoms with Crippen LogP contribution in [0.2, 0.25) is 10.0 Å². The number of pyridine rings is 1. The van der Waals surface area contributed by atoms with Crippen LogP contribution in [0.25, 0.3) is 10.8 Å². The first-order chi connectivity index (χ1) is 13.4.